The number of anilines is 1. The standard InChI is InChI=1S/C18H15NO2/c1-4-10-16(11-5-1)19(20-17-12-6-2-7-13-17)21-18-14-8-3-9-15-18/h1-15H. The van der Waals surface area contributed by atoms with Crippen LogP contribution in [0.4, 0.5) is 5.69 Å². The maximum absolute atomic E-state index is 5.82. The lowest BCUT2D eigenvalue weighted by molar-refractivity contribution is 0.0729. The van der Waals surface area contributed by atoms with Crippen LogP contribution in [-0.2, 0) is 0 Å². The van der Waals surface area contributed by atoms with Gasteiger partial charge in [0, 0.05) is 0 Å². The van der Waals surface area contributed by atoms with Crippen molar-refractivity contribution in [2.75, 3.05) is 5.23 Å². The van der Waals surface area contributed by atoms with Crippen LogP contribution in [0.15, 0.2) is 91.0 Å². The second-order valence-corrected chi connectivity index (χ2v) is 4.40. The van der Waals surface area contributed by atoms with Gasteiger partial charge in [0.05, 0.1) is 0 Å². The van der Waals surface area contributed by atoms with E-state index in [2.05, 4.69) is 0 Å². The molecule has 0 aliphatic rings. The Hall–Kier alpha value is -2.94. The second kappa shape index (κ2) is 6.48. The van der Waals surface area contributed by atoms with E-state index in [-0.39, 0.29) is 0 Å². The van der Waals surface area contributed by atoms with Crippen molar-refractivity contribution in [1.29, 1.82) is 0 Å². The molecule has 0 heterocycles. The molecule has 0 bridgehead atoms. The molecule has 0 unspecified atom stereocenters. The summed E-state index contributed by atoms with van der Waals surface area (Å²) >= 11 is 0. The van der Waals surface area contributed by atoms with Gasteiger partial charge in [-0.2, -0.15) is 0 Å². The van der Waals surface area contributed by atoms with Gasteiger partial charge in [-0.3, -0.25) is 0 Å². The number of para-hydroxylation sites is 3. The van der Waals surface area contributed by atoms with Crippen molar-refractivity contribution in [3.05, 3.63) is 91.0 Å². The summed E-state index contributed by atoms with van der Waals surface area (Å²) in [5.41, 5.74) is 0.810. The first-order valence-electron chi connectivity index (χ1n) is 6.73. The summed E-state index contributed by atoms with van der Waals surface area (Å²) in [6, 6.07) is 28.7. The first-order valence-corrected chi connectivity index (χ1v) is 6.73. The van der Waals surface area contributed by atoms with Gasteiger partial charge in [-0.15, -0.1) is 0 Å². The van der Waals surface area contributed by atoms with E-state index in [9.17, 15) is 0 Å². The molecule has 0 saturated heterocycles. The van der Waals surface area contributed by atoms with Crippen LogP contribution in [0, 0.1) is 0 Å². The lowest BCUT2D eigenvalue weighted by atomic mass is 10.3. The Morgan fingerprint density at radius 1 is 0.476 bits per heavy atom. The molecule has 0 saturated carbocycles. The highest BCUT2D eigenvalue weighted by Crippen LogP contribution is 2.21. The third-order valence-corrected chi connectivity index (χ3v) is 2.83. The molecule has 0 aliphatic carbocycles. The van der Waals surface area contributed by atoms with E-state index in [1.165, 1.54) is 5.23 Å². The molecule has 3 aromatic carbocycles. The third-order valence-electron chi connectivity index (χ3n) is 2.83. The minimum absolute atomic E-state index is 0.706. The number of hydrogen-bond donors (Lipinski definition) is 0. The van der Waals surface area contributed by atoms with Crippen LogP contribution in [0.3, 0.4) is 0 Å². The molecule has 0 N–H and O–H groups in total. The van der Waals surface area contributed by atoms with Crippen molar-refractivity contribution in [1.82, 2.24) is 0 Å². The molecule has 0 atom stereocenters. The van der Waals surface area contributed by atoms with Gasteiger partial charge in [-0.05, 0) is 41.6 Å². The van der Waals surface area contributed by atoms with Gasteiger partial charge in [-0.25, -0.2) is 0 Å². The summed E-state index contributed by atoms with van der Waals surface area (Å²) < 4.78 is 0. The average molecular weight is 277 g/mol. The van der Waals surface area contributed by atoms with E-state index in [1.54, 1.807) is 0 Å². The molecule has 3 nitrogen and oxygen atoms in total. The maximum Gasteiger partial charge on any atom is 0.159 e. The molecule has 0 fully saturated rings. The van der Waals surface area contributed by atoms with Crippen LogP contribution < -0.4 is 14.9 Å². The van der Waals surface area contributed by atoms with Gasteiger partial charge in [-0.1, -0.05) is 54.6 Å². The predicted octanol–water partition coefficient (Wildman–Crippen LogP) is 4.48. The van der Waals surface area contributed by atoms with Crippen LogP contribution in [0.2, 0.25) is 0 Å². The first kappa shape index (κ1) is 13.1. The van der Waals surface area contributed by atoms with E-state index >= 15 is 0 Å². The van der Waals surface area contributed by atoms with Gasteiger partial charge in [0.15, 0.2) is 11.5 Å². The van der Waals surface area contributed by atoms with Crippen molar-refractivity contribution in [3.63, 3.8) is 0 Å². The Labute approximate surface area is 123 Å². The lowest BCUT2D eigenvalue weighted by Crippen LogP contribution is -2.30. The molecule has 0 aromatic heterocycles. The van der Waals surface area contributed by atoms with Gasteiger partial charge in [0.25, 0.3) is 0 Å². The molecule has 3 heteroatoms. The van der Waals surface area contributed by atoms with E-state index in [0.29, 0.717) is 11.5 Å². The SMILES string of the molecule is c1ccc(ON(Oc2ccccc2)c2ccccc2)cc1. The molecule has 104 valence electrons. The quantitative estimate of drug-likeness (QED) is 0.642. The lowest BCUT2D eigenvalue weighted by Gasteiger charge is -2.23. The molecule has 3 rings (SSSR count). The second-order valence-electron chi connectivity index (χ2n) is 4.40. The number of benzene rings is 3. The Bertz CT molecular complexity index is 615. The number of rotatable bonds is 5. The van der Waals surface area contributed by atoms with E-state index < -0.39 is 0 Å². The van der Waals surface area contributed by atoms with Gasteiger partial charge >= 0.3 is 0 Å². The normalized spacial score (nSPS) is 9.90. The topological polar surface area (TPSA) is 21.7 Å². The van der Waals surface area contributed by atoms with Crippen LogP contribution in [0.5, 0.6) is 11.5 Å². The van der Waals surface area contributed by atoms with Gasteiger partial charge in [0.1, 0.15) is 5.69 Å². The smallest absolute Gasteiger partial charge is 0.159 e. The highest BCUT2D eigenvalue weighted by molar-refractivity contribution is 5.43. The van der Waals surface area contributed by atoms with Gasteiger partial charge in [0.2, 0.25) is 0 Å². The van der Waals surface area contributed by atoms with Gasteiger partial charge < -0.3 is 9.68 Å². The molecular weight excluding hydrogens is 262 g/mol. The number of hydrogen-bond acceptors (Lipinski definition) is 3. The predicted molar refractivity (Wildman–Crippen MR) is 83.1 cm³/mol. The van der Waals surface area contributed by atoms with E-state index in [1.807, 2.05) is 91.0 Å². The Balaban J connectivity index is 1.84. The molecule has 0 spiro atoms. The fourth-order valence-corrected chi connectivity index (χ4v) is 1.83. The molecule has 0 radical (unpaired) electrons. The van der Waals surface area contributed by atoms with Crippen LogP contribution in [0.25, 0.3) is 0 Å². The fraction of sp³-hybridized carbons (Fsp3) is 0. The molecule has 3 aromatic rings. The van der Waals surface area contributed by atoms with Crippen molar-refractivity contribution >= 4 is 5.69 Å². The highest BCUT2D eigenvalue weighted by Gasteiger charge is 2.10. The monoisotopic (exact) mass is 277 g/mol. The summed E-state index contributed by atoms with van der Waals surface area (Å²) in [6.45, 7) is 0. The zero-order valence-electron chi connectivity index (χ0n) is 11.4. The zero-order chi connectivity index (χ0) is 14.3. The third kappa shape index (κ3) is 3.54. The van der Waals surface area contributed by atoms with Crippen LogP contribution in [-0.4, -0.2) is 0 Å². The first-order chi connectivity index (χ1) is 10.4. The summed E-state index contributed by atoms with van der Waals surface area (Å²) in [5.74, 6) is 1.41. The van der Waals surface area contributed by atoms with Crippen molar-refractivity contribution in [2.24, 2.45) is 0 Å². The largest absolute Gasteiger partial charge is 0.345 e. The van der Waals surface area contributed by atoms with Crippen LogP contribution in [0.1, 0.15) is 0 Å². The van der Waals surface area contributed by atoms with Crippen LogP contribution >= 0.6 is 0 Å². The summed E-state index contributed by atoms with van der Waals surface area (Å²) in [6.07, 6.45) is 0. The molecule has 0 amide bonds. The van der Waals surface area contributed by atoms with Crippen molar-refractivity contribution < 1.29 is 9.68 Å². The van der Waals surface area contributed by atoms with Crippen molar-refractivity contribution in [3.8, 4) is 11.5 Å². The zero-order valence-corrected chi connectivity index (χ0v) is 11.4. The summed E-state index contributed by atoms with van der Waals surface area (Å²) in [4.78, 5) is 11.6. The summed E-state index contributed by atoms with van der Waals surface area (Å²) in [5, 5.41) is 1.41. The minimum atomic E-state index is 0.706. The Morgan fingerprint density at radius 2 is 0.857 bits per heavy atom. The minimum Gasteiger partial charge on any atom is -0.345 e. The highest BCUT2D eigenvalue weighted by atomic mass is 16.9. The van der Waals surface area contributed by atoms with Crippen molar-refractivity contribution in [2.45, 2.75) is 0 Å². The average Bonchev–Trinajstić information content (AvgIpc) is 2.57. The molecular formula is C18H15NO2. The molecule has 21 heavy (non-hydrogen) atoms. The van der Waals surface area contributed by atoms with E-state index in [4.69, 9.17) is 9.68 Å². The number of nitrogens with zero attached hydrogens (tertiary/aromatic N) is 1. The fourth-order valence-electron chi connectivity index (χ4n) is 1.83. The Morgan fingerprint density at radius 3 is 1.29 bits per heavy atom. The maximum atomic E-state index is 5.82. The van der Waals surface area contributed by atoms with E-state index in [0.717, 1.165) is 5.69 Å². The Kier molecular flexibility index (Phi) is 4.03. The molecule has 0 aliphatic heterocycles. The summed E-state index contributed by atoms with van der Waals surface area (Å²) in [7, 11) is 0.